The van der Waals surface area contributed by atoms with Crippen molar-refractivity contribution in [1.82, 2.24) is 20.0 Å². The fraction of sp³-hybridized carbons (Fsp3) is 0.591. The summed E-state index contributed by atoms with van der Waals surface area (Å²) < 4.78 is 11.3. The fourth-order valence-electron chi connectivity index (χ4n) is 4.38. The summed E-state index contributed by atoms with van der Waals surface area (Å²) in [6.45, 7) is 4.91. The highest BCUT2D eigenvalue weighted by Crippen LogP contribution is 2.33. The van der Waals surface area contributed by atoms with Crippen molar-refractivity contribution >= 4 is 17.7 Å². The third-order valence-corrected chi connectivity index (χ3v) is 6.32. The van der Waals surface area contributed by atoms with Crippen LogP contribution >= 0.6 is 0 Å². The van der Waals surface area contributed by atoms with Crippen molar-refractivity contribution in [3.63, 3.8) is 0 Å². The summed E-state index contributed by atoms with van der Waals surface area (Å²) in [6, 6.07) is 7.11. The number of ether oxygens (including phenoxy) is 2. The molecule has 31 heavy (non-hydrogen) atoms. The second-order valence-electron chi connectivity index (χ2n) is 8.33. The molecule has 1 atom stereocenters. The minimum atomic E-state index is -0.911. The zero-order chi connectivity index (χ0) is 21.8. The molecule has 3 aliphatic rings. The number of likely N-dealkylation sites (tertiary alicyclic amines) is 1. The number of fused-ring (bicyclic) bond motifs is 1. The molecule has 4 rings (SSSR count). The second-order valence-corrected chi connectivity index (χ2v) is 8.33. The normalized spacial score (nSPS) is 24.4. The number of hydrogen-bond donors (Lipinski definition) is 1. The molecule has 0 saturated carbocycles. The Labute approximate surface area is 182 Å². The van der Waals surface area contributed by atoms with E-state index in [1.54, 1.807) is 30.2 Å². The molecule has 0 aliphatic carbocycles. The molecule has 1 unspecified atom stereocenters. The van der Waals surface area contributed by atoms with E-state index in [1.165, 1.54) is 0 Å². The van der Waals surface area contributed by atoms with Gasteiger partial charge in [0.15, 0.2) is 5.72 Å². The molecule has 9 nitrogen and oxygen atoms in total. The lowest BCUT2D eigenvalue weighted by molar-refractivity contribution is -0.141. The lowest BCUT2D eigenvalue weighted by Crippen LogP contribution is -2.56. The summed E-state index contributed by atoms with van der Waals surface area (Å²) in [5.41, 5.74) is -0.410. The molecule has 1 spiro atoms. The number of carbonyl (C=O) groups excluding carboxylic acids is 3. The van der Waals surface area contributed by atoms with E-state index in [2.05, 4.69) is 10.2 Å². The van der Waals surface area contributed by atoms with Gasteiger partial charge in [-0.1, -0.05) is 12.1 Å². The quantitative estimate of drug-likeness (QED) is 0.723. The fourth-order valence-corrected chi connectivity index (χ4v) is 4.38. The van der Waals surface area contributed by atoms with Crippen molar-refractivity contribution in [3.8, 4) is 5.75 Å². The van der Waals surface area contributed by atoms with Crippen molar-refractivity contribution < 1.29 is 23.9 Å². The van der Waals surface area contributed by atoms with Crippen molar-refractivity contribution in [2.45, 2.75) is 25.0 Å². The summed E-state index contributed by atoms with van der Waals surface area (Å²) in [5.74, 6) is 0.232. The van der Waals surface area contributed by atoms with Gasteiger partial charge in [0.05, 0.1) is 18.7 Å². The van der Waals surface area contributed by atoms with Gasteiger partial charge in [-0.05, 0) is 12.1 Å². The number of piperazine rings is 1. The smallest absolute Gasteiger partial charge is 0.258 e. The largest absolute Gasteiger partial charge is 0.467 e. The van der Waals surface area contributed by atoms with Gasteiger partial charge < -0.3 is 24.6 Å². The zero-order valence-corrected chi connectivity index (χ0v) is 18.0. The summed E-state index contributed by atoms with van der Waals surface area (Å²) >= 11 is 0. The predicted octanol–water partition coefficient (Wildman–Crippen LogP) is 0.308. The molecule has 9 heteroatoms. The summed E-state index contributed by atoms with van der Waals surface area (Å²) in [5, 5.41) is 2.96. The number of methoxy groups -OCH3 is 1. The molecule has 1 N–H and O–H groups in total. The lowest BCUT2D eigenvalue weighted by Gasteiger charge is -2.38. The van der Waals surface area contributed by atoms with E-state index in [-0.39, 0.29) is 30.7 Å². The minimum Gasteiger partial charge on any atom is -0.467 e. The molecule has 168 valence electrons. The number of para-hydroxylation sites is 1. The molecule has 0 aromatic heterocycles. The van der Waals surface area contributed by atoms with E-state index in [4.69, 9.17) is 9.47 Å². The maximum Gasteiger partial charge on any atom is 0.258 e. The highest BCUT2D eigenvalue weighted by atomic mass is 16.5. The van der Waals surface area contributed by atoms with Crippen LogP contribution in [0.4, 0.5) is 0 Å². The van der Waals surface area contributed by atoms with Crippen LogP contribution in [-0.4, -0.2) is 97.7 Å². The van der Waals surface area contributed by atoms with Crippen molar-refractivity contribution in [2.24, 2.45) is 0 Å². The minimum absolute atomic E-state index is 0.0327. The van der Waals surface area contributed by atoms with Crippen LogP contribution in [0.2, 0.25) is 0 Å². The van der Waals surface area contributed by atoms with Crippen LogP contribution in [-0.2, 0) is 14.3 Å². The van der Waals surface area contributed by atoms with Gasteiger partial charge in [0.1, 0.15) is 5.75 Å². The Morgan fingerprint density at radius 3 is 2.68 bits per heavy atom. The third kappa shape index (κ3) is 4.83. The molecule has 1 aromatic rings. The lowest BCUT2D eigenvalue weighted by atomic mass is 10.0. The van der Waals surface area contributed by atoms with Crippen LogP contribution in [0.1, 0.15) is 29.6 Å². The average Bonchev–Trinajstić information content (AvgIpc) is 2.92. The first-order chi connectivity index (χ1) is 15.0. The predicted molar refractivity (Wildman–Crippen MR) is 113 cm³/mol. The third-order valence-electron chi connectivity index (χ3n) is 6.32. The monoisotopic (exact) mass is 430 g/mol. The summed E-state index contributed by atoms with van der Waals surface area (Å²) in [7, 11) is 1.69. The van der Waals surface area contributed by atoms with Crippen molar-refractivity contribution in [2.75, 3.05) is 59.5 Å². The molecular formula is C22H30N4O5. The number of carbonyl (C=O) groups is 3. The Hall–Kier alpha value is -2.65. The molecule has 3 aliphatic heterocycles. The maximum absolute atomic E-state index is 12.8. The van der Waals surface area contributed by atoms with Gasteiger partial charge >= 0.3 is 0 Å². The van der Waals surface area contributed by atoms with E-state index in [9.17, 15) is 14.4 Å². The molecule has 1 aromatic carbocycles. The van der Waals surface area contributed by atoms with E-state index < -0.39 is 5.72 Å². The number of amides is 3. The maximum atomic E-state index is 12.8. The first-order valence-corrected chi connectivity index (χ1v) is 10.9. The van der Waals surface area contributed by atoms with Crippen molar-refractivity contribution in [3.05, 3.63) is 29.8 Å². The van der Waals surface area contributed by atoms with Gasteiger partial charge in [-0.3, -0.25) is 19.3 Å². The molecule has 0 radical (unpaired) electrons. The number of rotatable bonds is 5. The van der Waals surface area contributed by atoms with Crippen LogP contribution in [0.25, 0.3) is 0 Å². The van der Waals surface area contributed by atoms with Gasteiger partial charge in [-0.15, -0.1) is 0 Å². The Morgan fingerprint density at radius 2 is 1.90 bits per heavy atom. The molecule has 3 heterocycles. The van der Waals surface area contributed by atoms with E-state index in [1.807, 2.05) is 11.0 Å². The Kier molecular flexibility index (Phi) is 6.43. The molecule has 0 bridgehead atoms. The second kappa shape index (κ2) is 9.23. The van der Waals surface area contributed by atoms with Gasteiger partial charge in [-0.25, -0.2) is 0 Å². The van der Waals surface area contributed by atoms with Crippen LogP contribution in [0.15, 0.2) is 24.3 Å². The van der Waals surface area contributed by atoms with E-state index in [0.717, 1.165) is 19.6 Å². The van der Waals surface area contributed by atoms with E-state index in [0.29, 0.717) is 50.4 Å². The number of benzene rings is 1. The Balaban J connectivity index is 1.34. The summed E-state index contributed by atoms with van der Waals surface area (Å²) in [4.78, 5) is 43.8. The van der Waals surface area contributed by atoms with Gasteiger partial charge in [-0.2, -0.15) is 0 Å². The number of nitrogens with zero attached hydrogens (tertiary/aromatic N) is 3. The highest BCUT2D eigenvalue weighted by molar-refractivity contribution is 5.98. The Morgan fingerprint density at radius 1 is 1.13 bits per heavy atom. The molecule has 2 fully saturated rings. The Bertz CT molecular complexity index is 839. The van der Waals surface area contributed by atoms with Crippen LogP contribution < -0.4 is 10.1 Å². The average molecular weight is 431 g/mol. The highest BCUT2D eigenvalue weighted by Gasteiger charge is 2.42. The number of hydrogen-bond acceptors (Lipinski definition) is 6. The SMILES string of the molecule is COCCN1CCN(C(=O)CN2CCC3(CCC2=O)NC(=O)c2ccccc2O3)CC1. The van der Waals surface area contributed by atoms with Crippen LogP contribution in [0.5, 0.6) is 5.75 Å². The molecular weight excluding hydrogens is 400 g/mol. The van der Waals surface area contributed by atoms with Gasteiger partial charge in [0, 0.05) is 65.6 Å². The zero-order valence-electron chi connectivity index (χ0n) is 18.0. The molecule has 3 amide bonds. The van der Waals surface area contributed by atoms with Crippen molar-refractivity contribution in [1.29, 1.82) is 0 Å². The number of nitrogens with one attached hydrogen (secondary N) is 1. The van der Waals surface area contributed by atoms with Gasteiger partial charge in [0.25, 0.3) is 5.91 Å². The standard InChI is InChI=1S/C22H30N4O5/c1-30-15-14-24-10-12-25(13-11-24)20(28)16-26-9-8-22(7-6-19(26)27)23-21(29)17-4-2-3-5-18(17)31-22/h2-5H,6-16H2,1H3,(H,23,29). The first-order valence-electron chi connectivity index (χ1n) is 10.9. The topological polar surface area (TPSA) is 91.4 Å². The van der Waals surface area contributed by atoms with Crippen LogP contribution in [0, 0.1) is 0 Å². The first kappa shape index (κ1) is 21.6. The van der Waals surface area contributed by atoms with E-state index >= 15 is 0 Å². The molecule has 2 saturated heterocycles. The van der Waals surface area contributed by atoms with Crippen LogP contribution in [0.3, 0.4) is 0 Å². The summed E-state index contributed by atoms with van der Waals surface area (Å²) in [6.07, 6.45) is 1.05. The van der Waals surface area contributed by atoms with Gasteiger partial charge in [0.2, 0.25) is 11.8 Å².